The van der Waals surface area contributed by atoms with Crippen molar-refractivity contribution in [2.75, 3.05) is 33.9 Å². The minimum absolute atomic E-state index is 0. The Morgan fingerprint density at radius 1 is 1.21 bits per heavy atom. The molecule has 0 radical (unpaired) electrons. The summed E-state index contributed by atoms with van der Waals surface area (Å²) >= 11 is 0. The van der Waals surface area contributed by atoms with Crippen molar-refractivity contribution < 1.29 is 4.74 Å². The van der Waals surface area contributed by atoms with Crippen LogP contribution in [-0.4, -0.2) is 50.8 Å². The number of benzene rings is 1. The molecule has 1 aromatic rings. The van der Waals surface area contributed by atoms with Gasteiger partial charge in [0, 0.05) is 33.3 Å². The molecule has 1 rings (SSSR count). The highest BCUT2D eigenvalue weighted by Crippen LogP contribution is 2.11. The van der Waals surface area contributed by atoms with E-state index in [-0.39, 0.29) is 30.0 Å². The molecule has 2 N–H and O–H groups in total. The molecule has 1 atom stereocenters. The Labute approximate surface area is 164 Å². The Morgan fingerprint density at radius 2 is 1.83 bits per heavy atom. The number of guanidine groups is 1. The van der Waals surface area contributed by atoms with E-state index < -0.39 is 0 Å². The smallest absolute Gasteiger partial charge is 0.191 e. The monoisotopic (exact) mass is 448 g/mol. The van der Waals surface area contributed by atoms with Gasteiger partial charge < -0.3 is 15.4 Å². The van der Waals surface area contributed by atoms with Gasteiger partial charge >= 0.3 is 0 Å². The van der Waals surface area contributed by atoms with Crippen molar-refractivity contribution in [3.8, 4) is 0 Å². The fourth-order valence-corrected chi connectivity index (χ4v) is 2.47. The van der Waals surface area contributed by atoms with Gasteiger partial charge in [-0.3, -0.25) is 9.89 Å². The predicted octanol–water partition coefficient (Wildman–Crippen LogP) is 2.85. The summed E-state index contributed by atoms with van der Waals surface area (Å²) in [6, 6.07) is 8.80. The van der Waals surface area contributed by atoms with E-state index in [2.05, 4.69) is 65.6 Å². The lowest BCUT2D eigenvalue weighted by molar-refractivity contribution is 0.179. The molecule has 0 aromatic heterocycles. The Bertz CT molecular complexity index is 478. The first-order valence-electron chi connectivity index (χ1n) is 8.39. The van der Waals surface area contributed by atoms with Crippen LogP contribution in [0.4, 0.5) is 0 Å². The molecule has 0 aliphatic rings. The number of nitrogens with one attached hydrogen (secondary N) is 2. The van der Waals surface area contributed by atoms with Gasteiger partial charge in [0.1, 0.15) is 0 Å². The van der Waals surface area contributed by atoms with Crippen LogP contribution < -0.4 is 10.6 Å². The Balaban J connectivity index is 0.00000529. The average molecular weight is 448 g/mol. The Hall–Kier alpha value is -0.860. The third-order valence-corrected chi connectivity index (χ3v) is 3.88. The van der Waals surface area contributed by atoms with Crippen molar-refractivity contribution in [2.24, 2.45) is 4.99 Å². The van der Waals surface area contributed by atoms with Gasteiger partial charge in [-0.2, -0.15) is 0 Å². The quantitative estimate of drug-likeness (QED) is 0.347. The minimum atomic E-state index is 0. The molecule has 0 saturated carbocycles. The standard InChI is InChI=1S/C18H32N4O.HI/c1-6-22(7-2)13-17-11-9-8-10-16(17)12-20-18(19-4)21-15(3)14-23-5;/h8-11,15H,6-7,12-14H2,1-5H3,(H2,19,20,21);1H. The van der Waals surface area contributed by atoms with Gasteiger partial charge in [-0.05, 0) is 31.1 Å². The fourth-order valence-electron chi connectivity index (χ4n) is 2.47. The van der Waals surface area contributed by atoms with Crippen LogP contribution in [0, 0.1) is 0 Å². The first-order valence-corrected chi connectivity index (χ1v) is 8.39. The number of ether oxygens (including phenoxy) is 1. The van der Waals surface area contributed by atoms with E-state index in [1.165, 1.54) is 11.1 Å². The van der Waals surface area contributed by atoms with Gasteiger partial charge in [-0.1, -0.05) is 38.1 Å². The van der Waals surface area contributed by atoms with E-state index in [1.807, 2.05) is 0 Å². The second-order valence-electron chi connectivity index (χ2n) is 5.66. The molecule has 0 aliphatic carbocycles. The lowest BCUT2D eigenvalue weighted by atomic mass is 10.1. The molecule has 6 heteroatoms. The Morgan fingerprint density at radius 3 is 2.38 bits per heavy atom. The van der Waals surface area contributed by atoms with Crippen LogP contribution in [0.15, 0.2) is 29.3 Å². The van der Waals surface area contributed by atoms with E-state index in [0.717, 1.165) is 32.1 Å². The highest BCUT2D eigenvalue weighted by Gasteiger charge is 2.08. The van der Waals surface area contributed by atoms with Crippen molar-refractivity contribution in [1.82, 2.24) is 15.5 Å². The second kappa shape index (κ2) is 13.4. The molecular formula is C18H33IN4O. The molecule has 1 aromatic carbocycles. The number of hydrogen-bond donors (Lipinski definition) is 2. The van der Waals surface area contributed by atoms with Gasteiger partial charge in [0.05, 0.1) is 6.61 Å². The highest BCUT2D eigenvalue weighted by atomic mass is 127. The normalized spacial score (nSPS) is 12.7. The van der Waals surface area contributed by atoms with Crippen molar-refractivity contribution >= 4 is 29.9 Å². The van der Waals surface area contributed by atoms with E-state index in [1.54, 1.807) is 14.2 Å². The fraction of sp³-hybridized carbons (Fsp3) is 0.611. The number of hydrogen-bond acceptors (Lipinski definition) is 3. The molecule has 5 nitrogen and oxygen atoms in total. The van der Waals surface area contributed by atoms with Crippen LogP contribution >= 0.6 is 24.0 Å². The minimum Gasteiger partial charge on any atom is -0.383 e. The first kappa shape index (κ1) is 23.1. The zero-order chi connectivity index (χ0) is 17.1. The van der Waals surface area contributed by atoms with Crippen molar-refractivity contribution in [3.05, 3.63) is 35.4 Å². The number of rotatable bonds is 9. The molecule has 0 bridgehead atoms. The lowest BCUT2D eigenvalue weighted by Gasteiger charge is -2.21. The average Bonchev–Trinajstić information content (AvgIpc) is 2.57. The number of aliphatic imine (C=N–C) groups is 1. The van der Waals surface area contributed by atoms with E-state index >= 15 is 0 Å². The van der Waals surface area contributed by atoms with Gasteiger partial charge in [0.2, 0.25) is 0 Å². The maximum atomic E-state index is 5.15. The molecule has 0 heterocycles. The number of halogens is 1. The maximum absolute atomic E-state index is 5.15. The number of methoxy groups -OCH3 is 1. The molecular weight excluding hydrogens is 415 g/mol. The van der Waals surface area contributed by atoms with Crippen molar-refractivity contribution in [2.45, 2.75) is 39.9 Å². The first-order chi connectivity index (χ1) is 11.1. The predicted molar refractivity (Wildman–Crippen MR) is 113 cm³/mol. The van der Waals surface area contributed by atoms with Crippen LogP contribution in [0.2, 0.25) is 0 Å². The largest absolute Gasteiger partial charge is 0.383 e. The lowest BCUT2D eigenvalue weighted by Crippen LogP contribution is -2.43. The van der Waals surface area contributed by atoms with Crippen LogP contribution in [0.1, 0.15) is 31.9 Å². The molecule has 1 unspecified atom stereocenters. The summed E-state index contributed by atoms with van der Waals surface area (Å²) in [7, 11) is 3.49. The number of nitrogens with zero attached hydrogens (tertiary/aromatic N) is 2. The van der Waals surface area contributed by atoms with Crippen LogP contribution in [0.3, 0.4) is 0 Å². The van der Waals surface area contributed by atoms with Gasteiger partial charge in [0.15, 0.2) is 5.96 Å². The summed E-state index contributed by atoms with van der Waals surface area (Å²) in [4.78, 5) is 6.70. The Kier molecular flexibility index (Phi) is 13.0. The maximum Gasteiger partial charge on any atom is 0.191 e. The molecule has 0 aliphatic heterocycles. The van der Waals surface area contributed by atoms with E-state index in [0.29, 0.717) is 6.61 Å². The van der Waals surface area contributed by atoms with Gasteiger partial charge in [-0.15, -0.1) is 24.0 Å². The molecule has 0 saturated heterocycles. The topological polar surface area (TPSA) is 48.9 Å². The summed E-state index contributed by atoms with van der Waals surface area (Å²) in [6.07, 6.45) is 0. The van der Waals surface area contributed by atoms with E-state index in [4.69, 9.17) is 4.74 Å². The second-order valence-corrected chi connectivity index (χ2v) is 5.66. The highest BCUT2D eigenvalue weighted by molar-refractivity contribution is 14.0. The third-order valence-electron chi connectivity index (χ3n) is 3.88. The summed E-state index contributed by atoms with van der Waals surface area (Å²) in [5.74, 6) is 0.798. The van der Waals surface area contributed by atoms with Crippen LogP contribution in [0.5, 0.6) is 0 Å². The summed E-state index contributed by atoms with van der Waals surface area (Å²) in [5.41, 5.74) is 2.67. The zero-order valence-corrected chi connectivity index (χ0v) is 18.0. The molecule has 24 heavy (non-hydrogen) atoms. The summed E-state index contributed by atoms with van der Waals surface area (Å²) in [5, 5.41) is 6.71. The SMILES string of the molecule is CCN(CC)Cc1ccccc1CNC(=NC)NC(C)COC.I. The van der Waals surface area contributed by atoms with Gasteiger partial charge in [-0.25, -0.2) is 0 Å². The van der Waals surface area contributed by atoms with Crippen LogP contribution in [0.25, 0.3) is 0 Å². The summed E-state index contributed by atoms with van der Waals surface area (Å²) in [6.45, 7) is 11.0. The van der Waals surface area contributed by atoms with Crippen LogP contribution in [-0.2, 0) is 17.8 Å². The molecule has 0 amide bonds. The van der Waals surface area contributed by atoms with Crippen molar-refractivity contribution in [1.29, 1.82) is 0 Å². The molecule has 0 fully saturated rings. The van der Waals surface area contributed by atoms with E-state index in [9.17, 15) is 0 Å². The third kappa shape index (κ3) is 8.30. The zero-order valence-electron chi connectivity index (χ0n) is 15.6. The molecule has 138 valence electrons. The van der Waals surface area contributed by atoms with Gasteiger partial charge in [0.25, 0.3) is 0 Å². The molecule has 0 spiro atoms. The van der Waals surface area contributed by atoms with Crippen molar-refractivity contribution in [3.63, 3.8) is 0 Å². The summed E-state index contributed by atoms with van der Waals surface area (Å²) < 4.78 is 5.15.